The minimum absolute atomic E-state index is 0.310. The van der Waals surface area contributed by atoms with Crippen molar-refractivity contribution < 1.29 is 0 Å². The molecule has 1 fully saturated rings. The molecular formula is C11H15BrN2. The monoisotopic (exact) mass is 254 g/mol. The number of halogens is 1. The highest BCUT2D eigenvalue weighted by Gasteiger charge is 2.32. The lowest BCUT2D eigenvalue weighted by Crippen LogP contribution is -2.29. The van der Waals surface area contributed by atoms with Crippen molar-refractivity contribution in [2.75, 3.05) is 0 Å². The summed E-state index contributed by atoms with van der Waals surface area (Å²) in [6, 6.07) is 6.64. The SMILES string of the molecule is Cc1cccc(C(NN)C2CC2)c1Br. The quantitative estimate of drug-likeness (QED) is 0.643. The Kier molecular flexibility index (Phi) is 2.91. The molecule has 1 aliphatic carbocycles. The number of hydrogen-bond acceptors (Lipinski definition) is 2. The molecule has 0 aromatic heterocycles. The van der Waals surface area contributed by atoms with E-state index in [0.717, 1.165) is 5.92 Å². The van der Waals surface area contributed by atoms with E-state index in [1.165, 1.54) is 28.4 Å². The number of nitrogens with one attached hydrogen (secondary N) is 1. The Hall–Kier alpha value is -0.380. The van der Waals surface area contributed by atoms with Crippen LogP contribution in [0.5, 0.6) is 0 Å². The second-order valence-corrected chi connectivity index (χ2v) is 4.75. The summed E-state index contributed by atoms with van der Waals surface area (Å²) >= 11 is 3.62. The van der Waals surface area contributed by atoms with Crippen LogP contribution in [0.25, 0.3) is 0 Å². The standard InChI is InChI=1S/C11H15BrN2/c1-7-3-2-4-9(10(7)12)11(14-13)8-5-6-8/h2-4,8,11,14H,5-6,13H2,1H3. The molecule has 1 atom stereocenters. The van der Waals surface area contributed by atoms with Gasteiger partial charge in [-0.3, -0.25) is 11.3 Å². The van der Waals surface area contributed by atoms with Gasteiger partial charge in [0.1, 0.15) is 0 Å². The molecule has 14 heavy (non-hydrogen) atoms. The fraction of sp³-hybridized carbons (Fsp3) is 0.455. The zero-order chi connectivity index (χ0) is 10.1. The van der Waals surface area contributed by atoms with Gasteiger partial charge in [0.05, 0.1) is 0 Å². The molecule has 0 saturated heterocycles. The van der Waals surface area contributed by atoms with E-state index < -0.39 is 0 Å². The Labute approximate surface area is 93.0 Å². The van der Waals surface area contributed by atoms with Crippen LogP contribution in [0.3, 0.4) is 0 Å². The fourth-order valence-electron chi connectivity index (χ4n) is 1.82. The Morgan fingerprint density at radius 1 is 1.50 bits per heavy atom. The van der Waals surface area contributed by atoms with E-state index in [4.69, 9.17) is 5.84 Å². The van der Waals surface area contributed by atoms with Gasteiger partial charge >= 0.3 is 0 Å². The minimum Gasteiger partial charge on any atom is -0.271 e. The maximum Gasteiger partial charge on any atom is 0.0499 e. The first-order chi connectivity index (χ1) is 6.74. The molecule has 76 valence electrons. The van der Waals surface area contributed by atoms with Crippen molar-refractivity contribution >= 4 is 15.9 Å². The summed E-state index contributed by atoms with van der Waals surface area (Å²) in [4.78, 5) is 0. The van der Waals surface area contributed by atoms with Gasteiger partial charge in [0.15, 0.2) is 0 Å². The molecule has 0 bridgehead atoms. The summed E-state index contributed by atoms with van der Waals surface area (Å²) in [7, 11) is 0. The first-order valence-corrected chi connectivity index (χ1v) is 5.74. The van der Waals surface area contributed by atoms with Gasteiger partial charge < -0.3 is 0 Å². The van der Waals surface area contributed by atoms with Crippen LogP contribution in [-0.4, -0.2) is 0 Å². The molecule has 0 heterocycles. The molecule has 1 aromatic carbocycles. The summed E-state index contributed by atoms with van der Waals surface area (Å²) in [6.07, 6.45) is 2.57. The van der Waals surface area contributed by atoms with Gasteiger partial charge in [0.25, 0.3) is 0 Å². The molecule has 3 N–H and O–H groups in total. The van der Waals surface area contributed by atoms with Crippen molar-refractivity contribution in [3.8, 4) is 0 Å². The van der Waals surface area contributed by atoms with Crippen LogP contribution in [0, 0.1) is 12.8 Å². The number of hydrazine groups is 1. The maximum absolute atomic E-state index is 5.59. The highest BCUT2D eigenvalue weighted by Crippen LogP contribution is 2.42. The lowest BCUT2D eigenvalue weighted by Gasteiger charge is -2.18. The van der Waals surface area contributed by atoms with E-state index in [-0.39, 0.29) is 0 Å². The predicted octanol–water partition coefficient (Wildman–Crippen LogP) is 2.67. The van der Waals surface area contributed by atoms with E-state index in [1.54, 1.807) is 0 Å². The van der Waals surface area contributed by atoms with E-state index in [9.17, 15) is 0 Å². The molecule has 1 unspecified atom stereocenters. The third-order valence-electron chi connectivity index (χ3n) is 2.83. The third kappa shape index (κ3) is 1.85. The third-order valence-corrected chi connectivity index (χ3v) is 3.91. The van der Waals surface area contributed by atoms with Crippen LogP contribution in [0.2, 0.25) is 0 Å². The first-order valence-electron chi connectivity index (χ1n) is 4.95. The molecule has 0 radical (unpaired) electrons. The second-order valence-electron chi connectivity index (χ2n) is 3.96. The van der Waals surface area contributed by atoms with E-state index in [2.05, 4.69) is 46.5 Å². The average molecular weight is 255 g/mol. The lowest BCUT2D eigenvalue weighted by molar-refractivity contribution is 0.494. The first kappa shape index (κ1) is 10.1. The Morgan fingerprint density at radius 2 is 2.21 bits per heavy atom. The van der Waals surface area contributed by atoms with Crippen molar-refractivity contribution in [1.82, 2.24) is 5.43 Å². The highest BCUT2D eigenvalue weighted by molar-refractivity contribution is 9.10. The van der Waals surface area contributed by atoms with E-state index >= 15 is 0 Å². The van der Waals surface area contributed by atoms with Crippen LogP contribution < -0.4 is 11.3 Å². The summed E-state index contributed by atoms with van der Waals surface area (Å²) in [5.41, 5.74) is 5.47. The maximum atomic E-state index is 5.59. The van der Waals surface area contributed by atoms with Crippen molar-refractivity contribution in [3.05, 3.63) is 33.8 Å². The summed E-state index contributed by atoms with van der Waals surface area (Å²) in [5, 5.41) is 0. The zero-order valence-corrected chi connectivity index (χ0v) is 9.84. The van der Waals surface area contributed by atoms with Gasteiger partial charge in [-0.1, -0.05) is 34.1 Å². The molecule has 1 aliphatic rings. The topological polar surface area (TPSA) is 38.0 Å². The van der Waals surface area contributed by atoms with Gasteiger partial charge in [0.2, 0.25) is 0 Å². The van der Waals surface area contributed by atoms with Gasteiger partial charge in [-0.15, -0.1) is 0 Å². The summed E-state index contributed by atoms with van der Waals surface area (Å²) < 4.78 is 1.19. The molecule has 2 rings (SSSR count). The van der Waals surface area contributed by atoms with Crippen LogP contribution in [0.15, 0.2) is 22.7 Å². The Balaban J connectivity index is 2.33. The Bertz CT molecular complexity index is 334. The van der Waals surface area contributed by atoms with Crippen molar-refractivity contribution in [1.29, 1.82) is 0 Å². The van der Waals surface area contributed by atoms with Crippen molar-refractivity contribution in [2.24, 2.45) is 11.8 Å². The predicted molar refractivity (Wildman–Crippen MR) is 61.7 cm³/mol. The number of rotatable bonds is 3. The number of aryl methyl sites for hydroxylation is 1. The van der Waals surface area contributed by atoms with Gasteiger partial charge in [0, 0.05) is 10.5 Å². The summed E-state index contributed by atoms with van der Waals surface area (Å²) in [5.74, 6) is 6.31. The van der Waals surface area contributed by atoms with E-state index in [1.807, 2.05) is 0 Å². The zero-order valence-electron chi connectivity index (χ0n) is 8.26. The fourth-order valence-corrected chi connectivity index (χ4v) is 2.33. The van der Waals surface area contributed by atoms with Crippen molar-refractivity contribution in [2.45, 2.75) is 25.8 Å². The van der Waals surface area contributed by atoms with Crippen LogP contribution in [0.1, 0.15) is 30.0 Å². The van der Waals surface area contributed by atoms with Gasteiger partial charge in [-0.05, 0) is 36.8 Å². The largest absolute Gasteiger partial charge is 0.271 e. The number of benzene rings is 1. The van der Waals surface area contributed by atoms with Gasteiger partial charge in [-0.25, -0.2) is 0 Å². The average Bonchev–Trinajstić information content (AvgIpc) is 2.97. The Morgan fingerprint density at radius 3 is 2.79 bits per heavy atom. The van der Waals surface area contributed by atoms with Crippen LogP contribution >= 0.6 is 15.9 Å². The van der Waals surface area contributed by atoms with Crippen molar-refractivity contribution in [3.63, 3.8) is 0 Å². The van der Waals surface area contributed by atoms with E-state index in [0.29, 0.717) is 6.04 Å². The summed E-state index contributed by atoms with van der Waals surface area (Å²) in [6.45, 7) is 2.11. The normalized spacial score (nSPS) is 18.2. The number of nitrogens with two attached hydrogens (primary N) is 1. The smallest absolute Gasteiger partial charge is 0.0499 e. The van der Waals surface area contributed by atoms with Gasteiger partial charge in [-0.2, -0.15) is 0 Å². The molecule has 1 aromatic rings. The molecule has 3 heteroatoms. The molecule has 0 aliphatic heterocycles. The number of hydrogen-bond donors (Lipinski definition) is 2. The molecule has 1 saturated carbocycles. The molecule has 0 amide bonds. The minimum atomic E-state index is 0.310. The molecular weight excluding hydrogens is 240 g/mol. The lowest BCUT2D eigenvalue weighted by atomic mass is 10.0. The highest BCUT2D eigenvalue weighted by atomic mass is 79.9. The molecule has 2 nitrogen and oxygen atoms in total. The van der Waals surface area contributed by atoms with Crippen LogP contribution in [0.4, 0.5) is 0 Å². The molecule has 0 spiro atoms. The second kappa shape index (κ2) is 4.01. The van der Waals surface area contributed by atoms with Crippen LogP contribution in [-0.2, 0) is 0 Å².